The Bertz CT molecular complexity index is 1070. The first-order valence-electron chi connectivity index (χ1n) is 14.5. The number of hydrogen-bond acceptors (Lipinski definition) is 7. The van der Waals surface area contributed by atoms with Crippen molar-refractivity contribution in [2.75, 3.05) is 41.1 Å². The van der Waals surface area contributed by atoms with Gasteiger partial charge in [-0.05, 0) is 61.3 Å². The number of benzene rings is 2. The molecule has 1 aliphatic carbocycles. The highest BCUT2D eigenvalue weighted by Crippen LogP contribution is 2.45. The smallest absolute Gasteiger partial charge is 0.328 e. The minimum Gasteiger partial charge on any atom is -0.493 e. The van der Waals surface area contributed by atoms with E-state index in [9.17, 15) is 9.59 Å². The summed E-state index contributed by atoms with van der Waals surface area (Å²) in [4.78, 5) is 29.4. The third kappa shape index (κ3) is 7.27. The van der Waals surface area contributed by atoms with Gasteiger partial charge in [0.25, 0.3) is 0 Å². The Morgan fingerprint density at radius 1 is 0.850 bits per heavy atom. The van der Waals surface area contributed by atoms with Crippen molar-refractivity contribution in [2.45, 2.75) is 69.9 Å². The van der Waals surface area contributed by atoms with E-state index in [2.05, 4.69) is 0 Å². The fraction of sp³-hybridized carbons (Fsp3) is 0.562. The monoisotopic (exact) mass is 553 g/mol. The number of nitrogens with zero attached hydrogens (tertiary/aromatic N) is 1. The van der Waals surface area contributed by atoms with Crippen molar-refractivity contribution in [2.24, 2.45) is 5.92 Å². The van der Waals surface area contributed by atoms with Gasteiger partial charge < -0.3 is 28.6 Å². The second-order valence-corrected chi connectivity index (χ2v) is 10.6. The molecule has 4 rings (SSSR count). The number of ether oxygens (including phenoxy) is 5. The van der Waals surface area contributed by atoms with E-state index in [0.29, 0.717) is 43.4 Å². The summed E-state index contributed by atoms with van der Waals surface area (Å²) in [7, 11) is 4.73. The van der Waals surface area contributed by atoms with Gasteiger partial charge in [-0.3, -0.25) is 4.79 Å². The van der Waals surface area contributed by atoms with Crippen LogP contribution in [0.15, 0.2) is 42.5 Å². The van der Waals surface area contributed by atoms with Crippen LogP contribution in [0.5, 0.6) is 17.2 Å². The number of likely N-dealkylation sites (tertiary alicyclic amines) is 1. The molecule has 1 saturated heterocycles. The lowest BCUT2D eigenvalue weighted by molar-refractivity contribution is -0.159. The molecule has 218 valence electrons. The van der Waals surface area contributed by atoms with Gasteiger partial charge in [0.05, 0.1) is 40.5 Å². The van der Waals surface area contributed by atoms with Crippen LogP contribution in [0.2, 0.25) is 0 Å². The Balaban J connectivity index is 1.50. The molecule has 2 unspecified atom stereocenters. The molecule has 40 heavy (non-hydrogen) atoms. The molecule has 1 amide bonds. The van der Waals surface area contributed by atoms with Crippen LogP contribution in [0.25, 0.3) is 0 Å². The fourth-order valence-electron chi connectivity index (χ4n) is 6.05. The molecule has 0 spiro atoms. The number of piperidine rings is 1. The summed E-state index contributed by atoms with van der Waals surface area (Å²) in [5.41, 5.74) is 1.90. The Morgan fingerprint density at radius 2 is 1.52 bits per heavy atom. The zero-order valence-electron chi connectivity index (χ0n) is 24.1. The first kappa shape index (κ1) is 29.7. The summed E-state index contributed by atoms with van der Waals surface area (Å²) in [6, 6.07) is 13.1. The Hall–Kier alpha value is -3.26. The Labute approximate surface area is 237 Å². The van der Waals surface area contributed by atoms with Gasteiger partial charge in [0, 0.05) is 6.54 Å². The molecule has 1 saturated carbocycles. The van der Waals surface area contributed by atoms with E-state index in [1.54, 1.807) is 26.2 Å². The number of methoxy groups -OCH3 is 3. The van der Waals surface area contributed by atoms with E-state index in [4.69, 9.17) is 23.7 Å². The summed E-state index contributed by atoms with van der Waals surface area (Å²) in [6.45, 7) is 1.46. The van der Waals surface area contributed by atoms with Crippen molar-refractivity contribution in [1.82, 2.24) is 4.90 Å². The predicted octanol–water partition coefficient (Wildman–Crippen LogP) is 5.52. The van der Waals surface area contributed by atoms with E-state index in [-0.39, 0.29) is 24.4 Å². The van der Waals surface area contributed by atoms with E-state index in [0.717, 1.165) is 49.7 Å². The van der Waals surface area contributed by atoms with E-state index in [1.165, 1.54) is 6.42 Å². The van der Waals surface area contributed by atoms with Gasteiger partial charge in [0.2, 0.25) is 11.7 Å². The molecular weight excluding hydrogens is 510 g/mol. The van der Waals surface area contributed by atoms with Gasteiger partial charge in [-0.25, -0.2) is 4.79 Å². The maximum Gasteiger partial charge on any atom is 0.328 e. The average Bonchev–Trinajstić information content (AvgIpc) is 3.01. The third-order valence-corrected chi connectivity index (χ3v) is 8.07. The molecule has 1 aliphatic heterocycles. The quantitative estimate of drug-likeness (QED) is 0.253. The Kier molecular flexibility index (Phi) is 11.1. The summed E-state index contributed by atoms with van der Waals surface area (Å²) >= 11 is 0. The predicted molar refractivity (Wildman–Crippen MR) is 152 cm³/mol. The normalized spacial score (nSPS) is 18.6. The van der Waals surface area contributed by atoms with Gasteiger partial charge in [-0.1, -0.05) is 49.6 Å². The summed E-state index contributed by atoms with van der Waals surface area (Å²) in [5, 5.41) is 0. The number of amides is 1. The lowest BCUT2D eigenvalue weighted by Crippen LogP contribution is -2.51. The lowest BCUT2D eigenvalue weighted by atomic mass is 9.75. The molecule has 2 aromatic carbocycles. The van der Waals surface area contributed by atoms with E-state index >= 15 is 0 Å². The van der Waals surface area contributed by atoms with E-state index in [1.807, 2.05) is 42.5 Å². The van der Waals surface area contributed by atoms with Crippen LogP contribution in [0.4, 0.5) is 0 Å². The second kappa shape index (κ2) is 14.9. The van der Waals surface area contributed by atoms with Crippen molar-refractivity contribution in [3.63, 3.8) is 0 Å². The first-order chi connectivity index (χ1) is 19.6. The van der Waals surface area contributed by atoms with E-state index < -0.39 is 12.0 Å². The highest BCUT2D eigenvalue weighted by molar-refractivity contribution is 5.89. The van der Waals surface area contributed by atoms with Crippen LogP contribution in [-0.2, 0) is 25.7 Å². The largest absolute Gasteiger partial charge is 0.493 e. The van der Waals surface area contributed by atoms with Crippen LogP contribution in [0, 0.1) is 5.92 Å². The zero-order chi connectivity index (χ0) is 28.3. The maximum absolute atomic E-state index is 14.4. The standard InChI is InChI=1S/C32H43NO7/c1-36-27-20-25(21-28(37-2)30(27)38-3)29(24-14-8-5-9-15-24)31(34)33-17-11-10-16-26(33)32(35)40-19-18-39-22-23-12-6-4-7-13-23/h4,6-7,12-13,20-21,24,26,29H,5,8-11,14-19,22H2,1-3H3. The summed E-state index contributed by atoms with van der Waals surface area (Å²) in [5.74, 6) is 0.932. The van der Waals surface area contributed by atoms with Gasteiger partial charge >= 0.3 is 5.97 Å². The first-order valence-corrected chi connectivity index (χ1v) is 14.5. The van der Waals surface area contributed by atoms with Crippen molar-refractivity contribution >= 4 is 11.9 Å². The molecule has 0 N–H and O–H groups in total. The minimum atomic E-state index is -0.594. The van der Waals surface area contributed by atoms with Crippen LogP contribution >= 0.6 is 0 Å². The topological polar surface area (TPSA) is 83.5 Å². The molecule has 1 heterocycles. The summed E-state index contributed by atoms with van der Waals surface area (Å²) in [6.07, 6.45) is 7.64. The minimum absolute atomic E-state index is 0.0249. The number of hydrogen-bond donors (Lipinski definition) is 0. The van der Waals surface area contributed by atoms with Gasteiger partial charge in [-0.2, -0.15) is 0 Å². The zero-order valence-corrected chi connectivity index (χ0v) is 24.1. The molecule has 2 aromatic rings. The average molecular weight is 554 g/mol. The van der Waals surface area contributed by atoms with Crippen LogP contribution in [0.3, 0.4) is 0 Å². The van der Waals surface area contributed by atoms with Crippen molar-refractivity contribution < 1.29 is 33.3 Å². The fourth-order valence-corrected chi connectivity index (χ4v) is 6.05. The molecule has 0 radical (unpaired) electrons. The molecule has 0 bridgehead atoms. The molecule has 2 fully saturated rings. The molecule has 8 heteroatoms. The number of rotatable bonds is 12. The lowest BCUT2D eigenvalue weighted by Gasteiger charge is -2.39. The summed E-state index contributed by atoms with van der Waals surface area (Å²) < 4.78 is 28.1. The van der Waals surface area contributed by atoms with Gasteiger partial charge in [-0.15, -0.1) is 0 Å². The highest BCUT2D eigenvalue weighted by atomic mass is 16.6. The maximum atomic E-state index is 14.4. The highest BCUT2D eigenvalue weighted by Gasteiger charge is 2.40. The SMILES string of the molecule is COc1cc(C(C(=O)N2CCCCC2C(=O)OCCOCc2ccccc2)C2CCCCC2)cc(OC)c1OC. The molecule has 2 atom stereocenters. The number of esters is 1. The number of carbonyl (C=O) groups excluding carboxylic acids is 2. The van der Waals surface area contributed by atoms with Crippen LogP contribution in [0.1, 0.15) is 68.4 Å². The van der Waals surface area contributed by atoms with Crippen LogP contribution in [-0.4, -0.2) is 63.9 Å². The van der Waals surface area contributed by atoms with Crippen molar-refractivity contribution in [3.8, 4) is 17.2 Å². The third-order valence-electron chi connectivity index (χ3n) is 8.07. The van der Waals surface area contributed by atoms with Gasteiger partial charge in [0.1, 0.15) is 12.6 Å². The number of carbonyl (C=O) groups is 2. The molecule has 0 aromatic heterocycles. The van der Waals surface area contributed by atoms with Crippen LogP contribution < -0.4 is 14.2 Å². The van der Waals surface area contributed by atoms with Crippen molar-refractivity contribution in [3.05, 3.63) is 53.6 Å². The Morgan fingerprint density at radius 3 is 2.17 bits per heavy atom. The molecule has 2 aliphatic rings. The van der Waals surface area contributed by atoms with Crippen molar-refractivity contribution in [1.29, 1.82) is 0 Å². The molecule has 8 nitrogen and oxygen atoms in total. The van der Waals surface area contributed by atoms with Gasteiger partial charge in [0.15, 0.2) is 11.5 Å². The second-order valence-electron chi connectivity index (χ2n) is 10.6. The molecular formula is C32H43NO7.